The van der Waals surface area contributed by atoms with Crippen molar-refractivity contribution in [1.82, 2.24) is 4.98 Å². The number of anilines is 1. The quantitative estimate of drug-likeness (QED) is 0.798. The van der Waals surface area contributed by atoms with Crippen LogP contribution in [0.5, 0.6) is 0 Å². The molecule has 1 aromatic rings. The lowest BCUT2D eigenvalue weighted by Gasteiger charge is -2.25. The maximum Gasteiger partial charge on any atom is 0.242 e. The highest BCUT2D eigenvalue weighted by atomic mass is 16.2. The first-order valence-corrected chi connectivity index (χ1v) is 5.30. The van der Waals surface area contributed by atoms with Crippen LogP contribution in [0.1, 0.15) is 26.3 Å². The van der Waals surface area contributed by atoms with Crippen LogP contribution in [0.25, 0.3) is 0 Å². The van der Waals surface area contributed by atoms with E-state index < -0.39 is 6.04 Å². The van der Waals surface area contributed by atoms with Crippen molar-refractivity contribution in [2.45, 2.75) is 33.7 Å². The maximum atomic E-state index is 11.8. The van der Waals surface area contributed by atoms with Gasteiger partial charge in [0.15, 0.2) is 0 Å². The Morgan fingerprint density at radius 1 is 1.44 bits per heavy atom. The summed E-state index contributed by atoms with van der Waals surface area (Å²) in [6, 6.07) is 3.11. The topological polar surface area (TPSA) is 68.0 Å². The molecule has 0 bridgehead atoms. The normalized spacial score (nSPS) is 13.3. The van der Waals surface area contributed by atoms with Crippen molar-refractivity contribution < 1.29 is 4.79 Å². The lowest BCUT2D eigenvalue weighted by Crippen LogP contribution is -2.45. The van der Waals surface area contributed by atoms with Crippen LogP contribution >= 0.6 is 0 Å². The van der Waals surface area contributed by atoms with Crippen LogP contribution in [0.15, 0.2) is 18.3 Å². The van der Waals surface area contributed by atoms with Crippen LogP contribution in [-0.4, -0.2) is 16.9 Å². The highest BCUT2D eigenvalue weighted by Crippen LogP contribution is 2.18. The molecular weight excluding hydrogens is 202 g/mol. The standard InChI is InChI=1S/C12H19N3O/c1-8-5-6-9(14-7-8)15-11(16)10(13)12(2,3)4/h5-7,10H,13H2,1-4H3,(H,14,15,16). The molecule has 3 N–H and O–H groups in total. The fourth-order valence-corrected chi connectivity index (χ4v) is 1.14. The van der Waals surface area contributed by atoms with E-state index in [0.29, 0.717) is 5.82 Å². The fourth-order valence-electron chi connectivity index (χ4n) is 1.14. The minimum Gasteiger partial charge on any atom is -0.319 e. The summed E-state index contributed by atoms with van der Waals surface area (Å²) in [4.78, 5) is 15.9. The van der Waals surface area contributed by atoms with E-state index in [1.54, 1.807) is 12.3 Å². The highest BCUT2D eigenvalue weighted by Gasteiger charge is 2.27. The van der Waals surface area contributed by atoms with Crippen molar-refractivity contribution in [3.8, 4) is 0 Å². The molecule has 1 atom stereocenters. The lowest BCUT2D eigenvalue weighted by molar-refractivity contribution is -0.119. The van der Waals surface area contributed by atoms with Gasteiger partial charge in [0.05, 0.1) is 6.04 Å². The molecule has 1 unspecified atom stereocenters. The van der Waals surface area contributed by atoms with Gasteiger partial charge in [0, 0.05) is 6.20 Å². The number of carbonyl (C=O) groups is 1. The van der Waals surface area contributed by atoms with Crippen LogP contribution < -0.4 is 11.1 Å². The van der Waals surface area contributed by atoms with Gasteiger partial charge in [-0.25, -0.2) is 4.98 Å². The second kappa shape index (κ2) is 4.61. The molecule has 1 amide bonds. The molecule has 4 heteroatoms. The second-order valence-corrected chi connectivity index (χ2v) is 5.05. The molecule has 0 saturated heterocycles. The van der Waals surface area contributed by atoms with Crippen LogP contribution in [-0.2, 0) is 4.79 Å². The van der Waals surface area contributed by atoms with Gasteiger partial charge in [0.25, 0.3) is 0 Å². The molecule has 0 aliphatic carbocycles. The third-order valence-corrected chi connectivity index (χ3v) is 2.38. The summed E-state index contributed by atoms with van der Waals surface area (Å²) in [6.07, 6.45) is 1.71. The third-order valence-electron chi connectivity index (χ3n) is 2.38. The van der Waals surface area contributed by atoms with E-state index in [-0.39, 0.29) is 11.3 Å². The summed E-state index contributed by atoms with van der Waals surface area (Å²) in [5.41, 5.74) is 6.63. The first-order chi connectivity index (χ1) is 7.30. The van der Waals surface area contributed by atoms with Crippen LogP contribution in [0.4, 0.5) is 5.82 Å². The monoisotopic (exact) mass is 221 g/mol. The van der Waals surface area contributed by atoms with Gasteiger partial charge in [-0.3, -0.25) is 4.79 Å². The van der Waals surface area contributed by atoms with Crippen molar-refractivity contribution in [3.63, 3.8) is 0 Å². The molecule has 0 radical (unpaired) electrons. The Labute approximate surface area is 96.3 Å². The summed E-state index contributed by atoms with van der Waals surface area (Å²) in [7, 11) is 0. The molecular formula is C12H19N3O. The van der Waals surface area contributed by atoms with Gasteiger partial charge in [-0.1, -0.05) is 26.8 Å². The highest BCUT2D eigenvalue weighted by molar-refractivity contribution is 5.94. The van der Waals surface area contributed by atoms with Crippen molar-refractivity contribution in [2.24, 2.45) is 11.1 Å². The molecule has 1 heterocycles. The first-order valence-electron chi connectivity index (χ1n) is 5.30. The van der Waals surface area contributed by atoms with Gasteiger partial charge < -0.3 is 11.1 Å². The molecule has 1 rings (SSSR count). The molecule has 16 heavy (non-hydrogen) atoms. The first kappa shape index (κ1) is 12.6. The van der Waals surface area contributed by atoms with Crippen molar-refractivity contribution in [3.05, 3.63) is 23.9 Å². The maximum absolute atomic E-state index is 11.8. The molecule has 1 aromatic heterocycles. The van der Waals surface area contributed by atoms with E-state index in [4.69, 9.17) is 5.73 Å². The molecule has 0 saturated carbocycles. The van der Waals surface area contributed by atoms with Gasteiger partial charge in [-0.05, 0) is 24.0 Å². The summed E-state index contributed by atoms with van der Waals surface area (Å²) >= 11 is 0. The summed E-state index contributed by atoms with van der Waals surface area (Å²) in [5, 5.41) is 2.70. The van der Waals surface area contributed by atoms with Crippen molar-refractivity contribution in [2.75, 3.05) is 5.32 Å². The van der Waals surface area contributed by atoms with Crippen LogP contribution in [0, 0.1) is 12.3 Å². The van der Waals surface area contributed by atoms with E-state index >= 15 is 0 Å². The smallest absolute Gasteiger partial charge is 0.242 e. The van der Waals surface area contributed by atoms with E-state index in [2.05, 4.69) is 10.3 Å². The Kier molecular flexibility index (Phi) is 3.65. The summed E-state index contributed by atoms with van der Waals surface area (Å²) in [6.45, 7) is 7.74. The number of aryl methyl sites for hydroxylation is 1. The zero-order valence-electron chi connectivity index (χ0n) is 10.2. The zero-order chi connectivity index (χ0) is 12.3. The van der Waals surface area contributed by atoms with Crippen molar-refractivity contribution >= 4 is 11.7 Å². The summed E-state index contributed by atoms with van der Waals surface area (Å²) in [5.74, 6) is 0.333. The van der Waals surface area contributed by atoms with Gasteiger partial charge >= 0.3 is 0 Å². The number of rotatable bonds is 2. The van der Waals surface area contributed by atoms with E-state index in [1.807, 2.05) is 33.8 Å². The Hall–Kier alpha value is -1.42. The lowest BCUT2D eigenvalue weighted by atomic mass is 9.87. The number of hydrogen-bond donors (Lipinski definition) is 2. The number of nitrogens with two attached hydrogens (primary N) is 1. The molecule has 0 aliphatic rings. The predicted octanol–water partition coefficient (Wildman–Crippen LogP) is 1.70. The van der Waals surface area contributed by atoms with Crippen LogP contribution in [0.2, 0.25) is 0 Å². The Morgan fingerprint density at radius 2 is 2.06 bits per heavy atom. The minimum atomic E-state index is -0.546. The van der Waals surface area contributed by atoms with E-state index in [0.717, 1.165) is 5.56 Å². The SMILES string of the molecule is Cc1ccc(NC(=O)C(N)C(C)(C)C)nc1. The average Bonchev–Trinajstić information content (AvgIpc) is 2.19. The number of hydrogen-bond acceptors (Lipinski definition) is 3. The second-order valence-electron chi connectivity index (χ2n) is 5.05. The Balaban J connectivity index is 2.68. The van der Waals surface area contributed by atoms with Gasteiger partial charge in [-0.2, -0.15) is 0 Å². The summed E-state index contributed by atoms with van der Waals surface area (Å²) < 4.78 is 0. The number of nitrogens with one attached hydrogen (secondary N) is 1. The molecule has 0 aliphatic heterocycles. The Morgan fingerprint density at radius 3 is 2.50 bits per heavy atom. The Bertz CT molecular complexity index is 365. The molecule has 88 valence electrons. The van der Waals surface area contributed by atoms with E-state index in [1.165, 1.54) is 0 Å². The number of amides is 1. The molecule has 0 aromatic carbocycles. The largest absolute Gasteiger partial charge is 0.319 e. The minimum absolute atomic E-state index is 0.205. The van der Waals surface area contributed by atoms with Crippen molar-refractivity contribution in [1.29, 1.82) is 0 Å². The fraction of sp³-hybridized carbons (Fsp3) is 0.500. The van der Waals surface area contributed by atoms with Crippen LogP contribution in [0.3, 0.4) is 0 Å². The van der Waals surface area contributed by atoms with Gasteiger partial charge in [0.2, 0.25) is 5.91 Å². The molecule has 0 spiro atoms. The third kappa shape index (κ3) is 3.31. The number of aromatic nitrogens is 1. The van der Waals surface area contributed by atoms with E-state index in [9.17, 15) is 4.79 Å². The molecule has 0 fully saturated rings. The number of carbonyl (C=O) groups excluding carboxylic acids is 1. The zero-order valence-corrected chi connectivity index (χ0v) is 10.2. The average molecular weight is 221 g/mol. The van der Waals surface area contributed by atoms with Gasteiger partial charge in [-0.15, -0.1) is 0 Å². The number of pyridine rings is 1. The molecule has 4 nitrogen and oxygen atoms in total. The predicted molar refractivity (Wildman–Crippen MR) is 65.0 cm³/mol. The van der Waals surface area contributed by atoms with Gasteiger partial charge in [0.1, 0.15) is 5.82 Å². The number of nitrogens with zero attached hydrogens (tertiary/aromatic N) is 1.